The quantitative estimate of drug-likeness (QED) is 0.392. The molecule has 0 amide bonds. The van der Waals surface area contributed by atoms with Gasteiger partial charge in [-0.3, -0.25) is 0 Å². The highest BCUT2D eigenvalue weighted by molar-refractivity contribution is 7.18. The Hall–Kier alpha value is -2.09. The van der Waals surface area contributed by atoms with Crippen LogP contribution in [-0.2, 0) is 0 Å². The first-order chi connectivity index (χ1) is 14.1. The Morgan fingerprint density at radius 1 is 1.21 bits per heavy atom. The maximum absolute atomic E-state index is 14.6. The van der Waals surface area contributed by atoms with Gasteiger partial charge < -0.3 is 10.4 Å². The van der Waals surface area contributed by atoms with Gasteiger partial charge in [-0.25, -0.2) is 14.4 Å². The molecule has 0 bridgehead atoms. The summed E-state index contributed by atoms with van der Waals surface area (Å²) in [6, 6.07) is 7.42. The third-order valence-electron chi connectivity index (χ3n) is 6.24. The Morgan fingerprint density at radius 2 is 2.10 bits per heavy atom. The summed E-state index contributed by atoms with van der Waals surface area (Å²) in [4.78, 5) is 11.2. The average molecular weight is 428 g/mol. The summed E-state index contributed by atoms with van der Waals surface area (Å²) in [5, 5.41) is 13.6. The van der Waals surface area contributed by atoms with Crippen LogP contribution in [-0.4, -0.2) is 21.7 Å². The second-order valence-corrected chi connectivity index (χ2v) is 9.77. The number of thiophene rings is 1. The van der Waals surface area contributed by atoms with E-state index in [1.165, 1.54) is 22.3 Å². The molecule has 1 saturated carbocycles. The van der Waals surface area contributed by atoms with E-state index in [4.69, 9.17) is 0 Å². The topological polar surface area (TPSA) is 58.0 Å². The maximum atomic E-state index is 14.6. The fourth-order valence-corrected chi connectivity index (χ4v) is 6.55. The summed E-state index contributed by atoms with van der Waals surface area (Å²) >= 11 is 3.17. The fourth-order valence-electron chi connectivity index (χ4n) is 4.59. The van der Waals surface area contributed by atoms with E-state index in [0.717, 1.165) is 45.4 Å². The molecule has 29 heavy (non-hydrogen) atoms. The molecule has 1 unspecified atom stereocenters. The second kappa shape index (κ2) is 7.63. The van der Waals surface area contributed by atoms with Crippen molar-refractivity contribution in [2.45, 2.75) is 32.1 Å². The molecule has 1 aromatic carbocycles. The molecular formula is C22H22FN3OS2. The van der Waals surface area contributed by atoms with Crippen LogP contribution >= 0.6 is 22.7 Å². The molecule has 3 heterocycles. The molecule has 0 spiro atoms. The number of rotatable bonds is 5. The summed E-state index contributed by atoms with van der Waals surface area (Å²) in [6.45, 7) is 2.56. The van der Waals surface area contributed by atoms with Gasteiger partial charge in [-0.15, -0.1) is 22.7 Å². The second-order valence-electron chi connectivity index (χ2n) is 7.82. The number of aliphatic hydroxyl groups excluding tert-OH is 1. The number of aliphatic hydroxyl groups is 1. The van der Waals surface area contributed by atoms with Crippen molar-refractivity contribution in [2.24, 2.45) is 11.8 Å². The average Bonchev–Trinajstić information content (AvgIpc) is 3.42. The minimum atomic E-state index is -0.279. The molecule has 150 valence electrons. The fraction of sp³-hybridized carbons (Fsp3) is 0.364. The molecular weight excluding hydrogens is 405 g/mol. The van der Waals surface area contributed by atoms with Crippen LogP contribution in [0.3, 0.4) is 0 Å². The van der Waals surface area contributed by atoms with E-state index in [0.29, 0.717) is 23.4 Å². The highest BCUT2D eigenvalue weighted by atomic mass is 32.1. The summed E-state index contributed by atoms with van der Waals surface area (Å²) in [5.74, 6) is 1.36. The van der Waals surface area contributed by atoms with Crippen LogP contribution in [0.4, 0.5) is 15.8 Å². The smallest absolute Gasteiger partial charge is 0.148 e. The lowest BCUT2D eigenvalue weighted by Gasteiger charge is -2.19. The standard InChI is InChI=1S/C22H22FN3OS2/c1-12-13(5-7-27)2-3-14(12)20-8-15-17(4-6-24-22(15)29-20)26-18-10-19-21(9-16(18)23)28-11-25-19/h4,6,8-14,27H,2-3,5,7H2,1H3,(H,24,26)/t12-,13?,14-/m0/s1. The van der Waals surface area contributed by atoms with E-state index >= 15 is 0 Å². The molecule has 2 N–H and O–H groups in total. The van der Waals surface area contributed by atoms with Crippen LogP contribution < -0.4 is 5.32 Å². The minimum absolute atomic E-state index is 0.263. The van der Waals surface area contributed by atoms with Crippen molar-refractivity contribution in [2.75, 3.05) is 11.9 Å². The normalized spacial score (nSPS) is 22.0. The van der Waals surface area contributed by atoms with Crippen LogP contribution in [0.25, 0.3) is 20.4 Å². The van der Waals surface area contributed by atoms with Crippen molar-refractivity contribution in [3.63, 3.8) is 0 Å². The number of pyridine rings is 1. The monoisotopic (exact) mass is 427 g/mol. The molecule has 3 atom stereocenters. The van der Waals surface area contributed by atoms with Crippen LogP contribution in [0.2, 0.25) is 0 Å². The highest BCUT2D eigenvalue weighted by Crippen LogP contribution is 2.48. The van der Waals surface area contributed by atoms with Crippen molar-refractivity contribution in [1.82, 2.24) is 9.97 Å². The van der Waals surface area contributed by atoms with Crippen molar-refractivity contribution in [1.29, 1.82) is 0 Å². The van der Waals surface area contributed by atoms with Gasteiger partial charge in [0.25, 0.3) is 0 Å². The summed E-state index contributed by atoms with van der Waals surface area (Å²) in [6.07, 6.45) is 4.97. The Bertz CT molecular complexity index is 1170. The summed E-state index contributed by atoms with van der Waals surface area (Å²) < 4.78 is 15.4. The van der Waals surface area contributed by atoms with E-state index in [-0.39, 0.29) is 12.4 Å². The van der Waals surface area contributed by atoms with Gasteiger partial charge in [-0.2, -0.15) is 0 Å². The molecule has 4 aromatic rings. The number of benzene rings is 1. The number of thiazole rings is 1. The number of hydrogen-bond acceptors (Lipinski definition) is 6. The van der Waals surface area contributed by atoms with Crippen molar-refractivity contribution >= 4 is 54.5 Å². The Labute approximate surface area is 176 Å². The number of aromatic nitrogens is 2. The van der Waals surface area contributed by atoms with E-state index in [1.807, 2.05) is 6.07 Å². The number of hydrogen-bond donors (Lipinski definition) is 2. The van der Waals surface area contributed by atoms with E-state index in [2.05, 4.69) is 28.3 Å². The van der Waals surface area contributed by atoms with Gasteiger partial charge in [-0.05, 0) is 61.3 Å². The molecule has 0 aliphatic heterocycles. The lowest BCUT2D eigenvalue weighted by atomic mass is 9.88. The lowest BCUT2D eigenvalue weighted by molar-refractivity contribution is 0.237. The molecule has 0 radical (unpaired) electrons. The lowest BCUT2D eigenvalue weighted by Crippen LogP contribution is -2.10. The Kier molecular flexibility index (Phi) is 4.97. The molecule has 7 heteroatoms. The van der Waals surface area contributed by atoms with Crippen molar-refractivity contribution < 1.29 is 9.50 Å². The first-order valence-electron chi connectivity index (χ1n) is 9.93. The van der Waals surface area contributed by atoms with E-state index in [1.54, 1.807) is 29.1 Å². The zero-order chi connectivity index (χ0) is 20.0. The third kappa shape index (κ3) is 3.41. The van der Waals surface area contributed by atoms with Crippen LogP contribution in [0.15, 0.2) is 36.0 Å². The molecule has 4 nitrogen and oxygen atoms in total. The van der Waals surface area contributed by atoms with Crippen LogP contribution in [0.1, 0.15) is 37.0 Å². The number of anilines is 2. The van der Waals surface area contributed by atoms with Gasteiger partial charge in [0, 0.05) is 23.1 Å². The number of halogens is 1. The van der Waals surface area contributed by atoms with Crippen LogP contribution in [0.5, 0.6) is 0 Å². The Balaban J connectivity index is 1.48. The van der Waals surface area contributed by atoms with Gasteiger partial charge in [0.05, 0.1) is 27.1 Å². The number of fused-ring (bicyclic) bond motifs is 2. The number of nitrogens with one attached hydrogen (secondary N) is 1. The highest BCUT2D eigenvalue weighted by Gasteiger charge is 2.34. The molecule has 3 aromatic heterocycles. The predicted molar refractivity (Wildman–Crippen MR) is 119 cm³/mol. The molecule has 0 saturated heterocycles. The number of nitrogens with zero attached hydrogens (tertiary/aromatic N) is 2. The SMILES string of the molecule is C[C@H]1C(CCO)CC[C@@H]1c1cc2c(Nc3cc4ncsc4cc3F)ccnc2s1. The van der Waals surface area contributed by atoms with Gasteiger partial charge in [0.15, 0.2) is 0 Å². The van der Waals surface area contributed by atoms with Crippen molar-refractivity contribution in [3.05, 3.63) is 46.7 Å². The third-order valence-corrected chi connectivity index (χ3v) is 8.20. The van der Waals surface area contributed by atoms with E-state index in [9.17, 15) is 9.50 Å². The van der Waals surface area contributed by atoms with Crippen molar-refractivity contribution in [3.8, 4) is 0 Å². The largest absolute Gasteiger partial charge is 0.396 e. The zero-order valence-electron chi connectivity index (χ0n) is 16.1. The van der Waals surface area contributed by atoms with Gasteiger partial charge in [-0.1, -0.05) is 6.92 Å². The Morgan fingerprint density at radius 3 is 2.97 bits per heavy atom. The maximum Gasteiger partial charge on any atom is 0.148 e. The predicted octanol–water partition coefficient (Wildman–Crippen LogP) is 6.30. The molecule has 1 aliphatic rings. The zero-order valence-corrected chi connectivity index (χ0v) is 17.7. The minimum Gasteiger partial charge on any atom is -0.396 e. The van der Waals surface area contributed by atoms with Gasteiger partial charge >= 0.3 is 0 Å². The molecule has 1 fully saturated rings. The molecule has 5 rings (SSSR count). The summed E-state index contributed by atoms with van der Waals surface area (Å²) in [7, 11) is 0. The van der Waals surface area contributed by atoms with Crippen LogP contribution in [0, 0.1) is 17.7 Å². The first-order valence-corrected chi connectivity index (χ1v) is 11.6. The molecule has 1 aliphatic carbocycles. The van der Waals surface area contributed by atoms with Gasteiger partial charge in [0.2, 0.25) is 0 Å². The van der Waals surface area contributed by atoms with E-state index < -0.39 is 0 Å². The van der Waals surface area contributed by atoms with Gasteiger partial charge in [0.1, 0.15) is 10.6 Å². The summed E-state index contributed by atoms with van der Waals surface area (Å²) in [5.41, 5.74) is 3.82. The first kappa shape index (κ1) is 18.9.